The summed E-state index contributed by atoms with van der Waals surface area (Å²) < 4.78 is 0. The lowest BCUT2D eigenvalue weighted by atomic mass is 9.99. The number of nitrogens with one attached hydrogen (secondary N) is 1. The van der Waals surface area contributed by atoms with E-state index in [1.54, 1.807) is 6.20 Å². The summed E-state index contributed by atoms with van der Waals surface area (Å²) >= 11 is 13.0. The fourth-order valence-electron chi connectivity index (χ4n) is 4.10. The molecule has 0 aliphatic carbocycles. The van der Waals surface area contributed by atoms with E-state index in [4.69, 9.17) is 28.2 Å². The molecule has 3 heterocycles. The van der Waals surface area contributed by atoms with Crippen molar-refractivity contribution in [3.05, 3.63) is 69.3 Å². The molecule has 0 fully saturated rings. The third-order valence-corrected chi connectivity index (χ3v) is 6.19. The van der Waals surface area contributed by atoms with E-state index >= 15 is 0 Å². The van der Waals surface area contributed by atoms with E-state index in [2.05, 4.69) is 57.5 Å². The van der Waals surface area contributed by atoms with Crippen LogP contribution < -0.4 is 10.2 Å². The standard InChI is InChI=1S/C22H21Cl2N5/c1-28-8-6-15-10-17(23)19(11-16(15)13-28)26-22-25-12-18(24)21(27-22)29-9-7-14-4-2-3-5-20(14)29/h2-5,10-12H,6-9,13H2,1H3,(H,25,26,27). The number of para-hydroxylation sites is 1. The molecule has 0 saturated heterocycles. The van der Waals surface area contributed by atoms with Gasteiger partial charge in [0.15, 0.2) is 5.82 Å². The molecule has 1 aromatic heterocycles. The fraction of sp³-hybridized carbons (Fsp3) is 0.273. The Labute approximate surface area is 180 Å². The first-order valence-corrected chi connectivity index (χ1v) is 10.5. The second-order valence-electron chi connectivity index (χ2n) is 7.61. The van der Waals surface area contributed by atoms with Crippen molar-refractivity contribution in [1.29, 1.82) is 0 Å². The van der Waals surface area contributed by atoms with Gasteiger partial charge >= 0.3 is 0 Å². The van der Waals surface area contributed by atoms with E-state index in [1.165, 1.54) is 16.7 Å². The van der Waals surface area contributed by atoms with E-state index in [0.717, 1.165) is 43.9 Å². The van der Waals surface area contributed by atoms with Crippen LogP contribution in [0.3, 0.4) is 0 Å². The monoisotopic (exact) mass is 425 g/mol. The number of halogens is 2. The number of fused-ring (bicyclic) bond motifs is 2. The predicted molar refractivity (Wildman–Crippen MR) is 119 cm³/mol. The normalized spacial score (nSPS) is 15.9. The van der Waals surface area contributed by atoms with Crippen LogP contribution in [-0.4, -0.2) is 35.0 Å². The zero-order chi connectivity index (χ0) is 20.0. The van der Waals surface area contributed by atoms with Crippen LogP contribution in [0, 0.1) is 0 Å². The van der Waals surface area contributed by atoms with Crippen molar-refractivity contribution in [2.75, 3.05) is 30.4 Å². The summed E-state index contributed by atoms with van der Waals surface area (Å²) in [5, 5.41) is 4.51. The van der Waals surface area contributed by atoms with Gasteiger partial charge in [0.2, 0.25) is 5.95 Å². The number of nitrogens with zero attached hydrogens (tertiary/aromatic N) is 4. The number of hydrogen-bond acceptors (Lipinski definition) is 5. The molecule has 1 N–H and O–H groups in total. The molecule has 148 valence electrons. The second-order valence-corrected chi connectivity index (χ2v) is 8.42. The maximum absolute atomic E-state index is 6.54. The molecule has 29 heavy (non-hydrogen) atoms. The largest absolute Gasteiger partial charge is 0.324 e. The third kappa shape index (κ3) is 3.54. The fourth-order valence-corrected chi connectivity index (χ4v) is 4.53. The molecule has 5 rings (SSSR count). The van der Waals surface area contributed by atoms with Gasteiger partial charge < -0.3 is 15.1 Å². The van der Waals surface area contributed by atoms with E-state index in [0.29, 0.717) is 21.8 Å². The third-order valence-electron chi connectivity index (χ3n) is 5.61. The first-order valence-electron chi connectivity index (χ1n) is 9.73. The smallest absolute Gasteiger partial charge is 0.229 e. The van der Waals surface area contributed by atoms with Crippen molar-refractivity contribution >= 4 is 46.3 Å². The Morgan fingerprint density at radius 3 is 2.69 bits per heavy atom. The van der Waals surface area contributed by atoms with Gasteiger partial charge in [-0.2, -0.15) is 4.98 Å². The molecule has 5 nitrogen and oxygen atoms in total. The van der Waals surface area contributed by atoms with Crippen LogP contribution in [0.15, 0.2) is 42.6 Å². The van der Waals surface area contributed by atoms with Crippen molar-refractivity contribution in [3.8, 4) is 0 Å². The number of likely N-dealkylation sites (N-methyl/N-ethyl adjacent to an activating group) is 1. The minimum absolute atomic E-state index is 0.486. The highest BCUT2D eigenvalue weighted by Crippen LogP contribution is 2.37. The Morgan fingerprint density at radius 2 is 1.79 bits per heavy atom. The topological polar surface area (TPSA) is 44.3 Å². The molecular weight excluding hydrogens is 405 g/mol. The molecule has 3 aromatic rings. The van der Waals surface area contributed by atoms with Crippen LogP contribution in [0.2, 0.25) is 10.0 Å². The van der Waals surface area contributed by atoms with Crippen LogP contribution in [0.25, 0.3) is 0 Å². The van der Waals surface area contributed by atoms with Gasteiger partial charge in [0.05, 0.1) is 16.9 Å². The Morgan fingerprint density at radius 1 is 0.966 bits per heavy atom. The number of aromatic nitrogens is 2. The zero-order valence-electron chi connectivity index (χ0n) is 16.1. The highest BCUT2D eigenvalue weighted by Gasteiger charge is 2.24. The molecule has 2 aliphatic heterocycles. The van der Waals surface area contributed by atoms with Gasteiger partial charge in [-0.05, 0) is 54.8 Å². The molecule has 2 aliphatic rings. The summed E-state index contributed by atoms with van der Waals surface area (Å²) in [5.74, 6) is 1.20. The minimum Gasteiger partial charge on any atom is -0.324 e. The minimum atomic E-state index is 0.486. The van der Waals surface area contributed by atoms with Crippen molar-refractivity contribution in [3.63, 3.8) is 0 Å². The Balaban J connectivity index is 1.47. The SMILES string of the molecule is CN1CCc2cc(Cl)c(Nc3ncc(Cl)c(N4CCc5ccccc54)n3)cc2C1. The average molecular weight is 426 g/mol. The summed E-state index contributed by atoms with van der Waals surface area (Å²) in [6.07, 6.45) is 3.64. The van der Waals surface area contributed by atoms with Crippen LogP contribution in [-0.2, 0) is 19.4 Å². The zero-order valence-corrected chi connectivity index (χ0v) is 17.6. The van der Waals surface area contributed by atoms with Gasteiger partial charge in [-0.3, -0.25) is 0 Å². The summed E-state index contributed by atoms with van der Waals surface area (Å²) in [7, 11) is 2.13. The molecule has 2 aromatic carbocycles. The Kier molecular flexibility index (Phi) is 4.82. The van der Waals surface area contributed by atoms with E-state index < -0.39 is 0 Å². The highest BCUT2D eigenvalue weighted by atomic mass is 35.5. The number of hydrogen-bond donors (Lipinski definition) is 1. The van der Waals surface area contributed by atoms with Crippen molar-refractivity contribution in [2.45, 2.75) is 19.4 Å². The summed E-state index contributed by atoms with van der Waals surface area (Å²) in [5.41, 5.74) is 5.86. The lowest BCUT2D eigenvalue weighted by molar-refractivity contribution is 0.313. The maximum Gasteiger partial charge on any atom is 0.229 e. The molecule has 0 amide bonds. The van der Waals surface area contributed by atoms with Gasteiger partial charge in [0.25, 0.3) is 0 Å². The average Bonchev–Trinajstić information content (AvgIpc) is 3.14. The molecule has 7 heteroatoms. The van der Waals surface area contributed by atoms with Gasteiger partial charge in [0.1, 0.15) is 5.02 Å². The lowest BCUT2D eigenvalue weighted by Crippen LogP contribution is -2.26. The highest BCUT2D eigenvalue weighted by molar-refractivity contribution is 6.33. The van der Waals surface area contributed by atoms with Crippen LogP contribution in [0.5, 0.6) is 0 Å². The number of rotatable bonds is 3. The number of benzene rings is 2. The predicted octanol–water partition coefficient (Wildman–Crippen LogP) is 5.21. The molecule has 0 bridgehead atoms. The van der Waals surface area contributed by atoms with Gasteiger partial charge in [-0.15, -0.1) is 0 Å². The molecule has 0 unspecified atom stereocenters. The summed E-state index contributed by atoms with van der Waals surface area (Å²) in [6.45, 7) is 2.82. The second kappa shape index (κ2) is 7.48. The quantitative estimate of drug-likeness (QED) is 0.623. The van der Waals surface area contributed by atoms with Crippen molar-refractivity contribution < 1.29 is 0 Å². The molecular formula is C22H21Cl2N5. The van der Waals surface area contributed by atoms with Crippen LogP contribution in [0.1, 0.15) is 16.7 Å². The van der Waals surface area contributed by atoms with E-state index in [1.807, 2.05) is 6.07 Å². The maximum atomic E-state index is 6.54. The molecule has 0 radical (unpaired) electrons. The van der Waals surface area contributed by atoms with Crippen molar-refractivity contribution in [2.24, 2.45) is 0 Å². The molecule has 0 atom stereocenters. The number of anilines is 4. The van der Waals surface area contributed by atoms with Crippen LogP contribution >= 0.6 is 23.2 Å². The lowest BCUT2D eigenvalue weighted by Gasteiger charge is -2.26. The summed E-state index contributed by atoms with van der Waals surface area (Å²) in [4.78, 5) is 13.6. The van der Waals surface area contributed by atoms with Crippen molar-refractivity contribution in [1.82, 2.24) is 14.9 Å². The van der Waals surface area contributed by atoms with Gasteiger partial charge in [0, 0.05) is 25.3 Å². The Hall–Kier alpha value is -2.34. The van der Waals surface area contributed by atoms with E-state index in [-0.39, 0.29) is 0 Å². The van der Waals surface area contributed by atoms with Crippen LogP contribution in [0.4, 0.5) is 23.1 Å². The first-order chi connectivity index (χ1) is 14.1. The first kappa shape index (κ1) is 18.7. The van der Waals surface area contributed by atoms with Gasteiger partial charge in [-0.1, -0.05) is 41.4 Å². The molecule has 0 saturated carbocycles. The van der Waals surface area contributed by atoms with Gasteiger partial charge in [-0.25, -0.2) is 4.98 Å². The molecule has 0 spiro atoms. The Bertz CT molecular complexity index is 1080. The summed E-state index contributed by atoms with van der Waals surface area (Å²) in [6, 6.07) is 12.5. The van der Waals surface area contributed by atoms with E-state index in [9.17, 15) is 0 Å².